The van der Waals surface area contributed by atoms with Crippen molar-refractivity contribution >= 4 is 33.9 Å². The highest BCUT2D eigenvalue weighted by atomic mass is 32.1. The summed E-state index contributed by atoms with van der Waals surface area (Å²) >= 11 is 1.46. The second-order valence-corrected chi connectivity index (χ2v) is 7.07. The zero-order chi connectivity index (χ0) is 18.1. The molecule has 2 heterocycles. The van der Waals surface area contributed by atoms with E-state index in [1.807, 2.05) is 53.9 Å². The Morgan fingerprint density at radius 3 is 3.08 bits per heavy atom. The number of benzene rings is 1. The molecule has 6 heteroatoms. The van der Waals surface area contributed by atoms with E-state index in [0.29, 0.717) is 22.6 Å². The highest BCUT2D eigenvalue weighted by molar-refractivity contribution is 7.13. The average Bonchev–Trinajstić information content (AvgIpc) is 3.09. The number of Topliss-reactive ketones (excluding diaryl/α,β-unsaturated/α-hetero) is 1. The van der Waals surface area contributed by atoms with Gasteiger partial charge in [0, 0.05) is 22.1 Å². The summed E-state index contributed by atoms with van der Waals surface area (Å²) in [6, 6.07) is 7.60. The molecule has 2 N–H and O–H groups in total. The Hall–Kier alpha value is -2.70. The monoisotopic (exact) mass is 366 g/mol. The van der Waals surface area contributed by atoms with Crippen LogP contribution in [-0.2, 0) is 4.79 Å². The van der Waals surface area contributed by atoms with Gasteiger partial charge in [0.1, 0.15) is 5.75 Å². The Morgan fingerprint density at radius 1 is 1.38 bits per heavy atom. The lowest BCUT2D eigenvalue weighted by Gasteiger charge is -2.22. The third-order valence-corrected chi connectivity index (χ3v) is 5.09. The summed E-state index contributed by atoms with van der Waals surface area (Å²) < 4.78 is 5.57. The highest BCUT2D eigenvalue weighted by Crippen LogP contribution is 2.34. The van der Waals surface area contributed by atoms with Gasteiger partial charge in [-0.05, 0) is 25.5 Å². The SMILES string of the molecule is CC(=O)C1=C[C@H](Nc2nc(C3=Cc4ccccc4OC3O)cs2)CC=C1. The Labute approximate surface area is 155 Å². The summed E-state index contributed by atoms with van der Waals surface area (Å²) in [4.78, 5) is 16.1. The third kappa shape index (κ3) is 3.34. The summed E-state index contributed by atoms with van der Waals surface area (Å²) in [5, 5.41) is 16.3. The summed E-state index contributed by atoms with van der Waals surface area (Å²) in [6.07, 6.45) is 7.43. The number of nitrogens with one attached hydrogen (secondary N) is 1. The van der Waals surface area contributed by atoms with Gasteiger partial charge in [0.25, 0.3) is 0 Å². The Morgan fingerprint density at radius 2 is 2.23 bits per heavy atom. The smallest absolute Gasteiger partial charge is 0.226 e. The van der Waals surface area contributed by atoms with Crippen LogP contribution in [0.1, 0.15) is 24.6 Å². The zero-order valence-corrected chi connectivity index (χ0v) is 15.0. The van der Waals surface area contributed by atoms with E-state index in [9.17, 15) is 9.90 Å². The molecular weight excluding hydrogens is 348 g/mol. The number of carbonyl (C=O) groups is 1. The molecule has 0 saturated heterocycles. The number of nitrogens with zero attached hydrogens (tertiary/aromatic N) is 1. The van der Waals surface area contributed by atoms with Crippen molar-refractivity contribution in [2.24, 2.45) is 0 Å². The van der Waals surface area contributed by atoms with Crippen LogP contribution in [0, 0.1) is 0 Å². The van der Waals surface area contributed by atoms with Crippen molar-refractivity contribution in [1.29, 1.82) is 0 Å². The van der Waals surface area contributed by atoms with Crippen molar-refractivity contribution in [2.45, 2.75) is 25.7 Å². The Balaban J connectivity index is 1.55. The Bertz CT molecular complexity index is 942. The van der Waals surface area contributed by atoms with Crippen molar-refractivity contribution in [2.75, 3.05) is 5.32 Å². The maximum absolute atomic E-state index is 11.5. The van der Waals surface area contributed by atoms with E-state index in [1.165, 1.54) is 11.3 Å². The van der Waals surface area contributed by atoms with Gasteiger partial charge in [-0.3, -0.25) is 4.79 Å². The molecule has 2 aromatic rings. The predicted molar refractivity (Wildman–Crippen MR) is 103 cm³/mol. The first-order valence-corrected chi connectivity index (χ1v) is 9.25. The molecule has 4 rings (SSSR count). The summed E-state index contributed by atoms with van der Waals surface area (Å²) in [5.74, 6) is 0.715. The van der Waals surface area contributed by atoms with E-state index < -0.39 is 6.29 Å². The molecule has 0 radical (unpaired) electrons. The molecule has 132 valence electrons. The van der Waals surface area contributed by atoms with E-state index in [-0.39, 0.29) is 11.8 Å². The summed E-state index contributed by atoms with van der Waals surface area (Å²) in [6.45, 7) is 1.56. The highest BCUT2D eigenvalue weighted by Gasteiger charge is 2.23. The number of anilines is 1. The molecule has 1 aromatic carbocycles. The first-order chi connectivity index (χ1) is 12.6. The van der Waals surface area contributed by atoms with Crippen molar-refractivity contribution in [3.8, 4) is 5.75 Å². The molecule has 1 unspecified atom stereocenters. The lowest BCUT2D eigenvalue weighted by atomic mass is 10.0. The predicted octanol–water partition coefficient (Wildman–Crippen LogP) is 3.65. The number of hydrogen-bond acceptors (Lipinski definition) is 6. The standard InChI is InChI=1S/C20H18N2O3S/c1-12(23)13-6-4-7-15(9-13)21-20-22-17(11-26-20)16-10-14-5-2-3-8-18(14)25-19(16)24/h2-6,8-11,15,19,24H,7H2,1H3,(H,21,22)/t15-,19?/m1/s1. The van der Waals surface area contributed by atoms with Gasteiger partial charge in [-0.2, -0.15) is 0 Å². The Kier molecular flexibility index (Phi) is 4.44. The molecule has 1 aliphatic carbocycles. The van der Waals surface area contributed by atoms with Crippen LogP contribution in [0.3, 0.4) is 0 Å². The lowest BCUT2D eigenvalue weighted by Crippen LogP contribution is -2.21. The number of ether oxygens (including phenoxy) is 1. The molecule has 5 nitrogen and oxygen atoms in total. The van der Waals surface area contributed by atoms with Gasteiger partial charge in [-0.1, -0.05) is 36.4 Å². The largest absolute Gasteiger partial charge is 0.460 e. The van der Waals surface area contributed by atoms with E-state index in [1.54, 1.807) is 6.92 Å². The minimum absolute atomic E-state index is 0.0279. The molecule has 2 aliphatic rings. The van der Waals surface area contributed by atoms with E-state index in [4.69, 9.17) is 4.74 Å². The number of aliphatic hydroxyl groups is 1. The van der Waals surface area contributed by atoms with Gasteiger partial charge in [0.15, 0.2) is 10.9 Å². The second-order valence-electron chi connectivity index (χ2n) is 6.21. The molecule has 1 aliphatic heterocycles. The van der Waals surface area contributed by atoms with Gasteiger partial charge < -0.3 is 15.2 Å². The van der Waals surface area contributed by atoms with Gasteiger partial charge in [-0.15, -0.1) is 11.3 Å². The molecule has 0 bridgehead atoms. The normalized spacial score (nSPS) is 21.3. The molecule has 0 fully saturated rings. The van der Waals surface area contributed by atoms with E-state index >= 15 is 0 Å². The fourth-order valence-corrected chi connectivity index (χ4v) is 3.76. The fraction of sp³-hybridized carbons (Fsp3) is 0.200. The number of para-hydroxylation sites is 1. The van der Waals surface area contributed by atoms with Crippen molar-refractivity contribution in [3.63, 3.8) is 0 Å². The van der Waals surface area contributed by atoms with Gasteiger partial charge in [-0.25, -0.2) is 4.98 Å². The number of allylic oxidation sites excluding steroid dienone is 2. The number of hydrogen-bond donors (Lipinski definition) is 2. The lowest BCUT2D eigenvalue weighted by molar-refractivity contribution is -0.113. The number of rotatable bonds is 4. The molecule has 0 spiro atoms. The number of carbonyl (C=O) groups excluding carboxylic acids is 1. The van der Waals surface area contributed by atoms with Crippen LogP contribution >= 0.6 is 11.3 Å². The van der Waals surface area contributed by atoms with Crippen molar-refractivity contribution < 1.29 is 14.6 Å². The minimum Gasteiger partial charge on any atom is -0.460 e. The number of thiazole rings is 1. The van der Waals surface area contributed by atoms with Crippen LogP contribution < -0.4 is 10.1 Å². The van der Waals surface area contributed by atoms with Crippen LogP contribution in [0.15, 0.2) is 53.4 Å². The van der Waals surface area contributed by atoms with Gasteiger partial charge in [0.2, 0.25) is 6.29 Å². The maximum atomic E-state index is 11.5. The first-order valence-electron chi connectivity index (χ1n) is 8.37. The second kappa shape index (κ2) is 6.90. The number of aliphatic hydroxyl groups excluding tert-OH is 1. The molecule has 0 saturated carbocycles. The van der Waals surface area contributed by atoms with Crippen molar-refractivity contribution in [3.05, 3.63) is 64.7 Å². The van der Waals surface area contributed by atoms with Crippen LogP contribution in [0.5, 0.6) is 5.75 Å². The minimum atomic E-state index is -1.04. The summed E-state index contributed by atoms with van der Waals surface area (Å²) in [7, 11) is 0. The number of fused-ring (bicyclic) bond motifs is 1. The van der Waals surface area contributed by atoms with Crippen molar-refractivity contribution in [1.82, 2.24) is 4.98 Å². The average molecular weight is 366 g/mol. The zero-order valence-electron chi connectivity index (χ0n) is 14.2. The summed E-state index contributed by atoms with van der Waals surface area (Å²) in [5.41, 5.74) is 2.95. The first kappa shape index (κ1) is 16.8. The number of aromatic nitrogens is 1. The topological polar surface area (TPSA) is 71.5 Å². The van der Waals surface area contributed by atoms with E-state index in [0.717, 1.165) is 17.1 Å². The molecule has 0 amide bonds. The molecule has 26 heavy (non-hydrogen) atoms. The van der Waals surface area contributed by atoms with Crippen LogP contribution in [-0.4, -0.2) is 28.2 Å². The maximum Gasteiger partial charge on any atom is 0.226 e. The third-order valence-electron chi connectivity index (χ3n) is 4.32. The molecule has 1 aromatic heterocycles. The van der Waals surface area contributed by atoms with Crippen LogP contribution in [0.4, 0.5) is 5.13 Å². The molecular formula is C20H18N2O3S. The quantitative estimate of drug-likeness (QED) is 0.864. The van der Waals surface area contributed by atoms with E-state index in [2.05, 4.69) is 10.3 Å². The van der Waals surface area contributed by atoms with Crippen LogP contribution in [0.2, 0.25) is 0 Å². The van der Waals surface area contributed by atoms with Crippen LogP contribution in [0.25, 0.3) is 11.6 Å². The van der Waals surface area contributed by atoms with Gasteiger partial charge in [0.05, 0.1) is 11.7 Å². The number of ketones is 1. The molecule has 2 atom stereocenters. The van der Waals surface area contributed by atoms with Gasteiger partial charge >= 0.3 is 0 Å². The fourth-order valence-electron chi connectivity index (χ4n) is 2.98.